The highest BCUT2D eigenvalue weighted by Crippen LogP contribution is 2.40. The Bertz CT molecular complexity index is 333. The highest BCUT2D eigenvalue weighted by Gasteiger charge is 2.22. The third-order valence-corrected chi connectivity index (χ3v) is 3.81. The normalized spacial score (nSPS) is 22.7. The standard InChI is InChI=1S/C10H12N2S/c11-5-8-7-3-1-2-4-10(7)13-6-9(8)12/h1-4,6,12H2. The first-order valence-electron chi connectivity index (χ1n) is 4.57. The zero-order valence-electron chi connectivity index (χ0n) is 7.47. The number of thioether (sulfide) groups is 1. The summed E-state index contributed by atoms with van der Waals surface area (Å²) in [5.41, 5.74) is 8.58. The molecule has 0 aromatic heterocycles. The van der Waals surface area contributed by atoms with Crippen molar-refractivity contribution in [3.8, 4) is 6.07 Å². The second-order valence-corrected chi connectivity index (χ2v) is 4.48. The first-order chi connectivity index (χ1) is 6.33. The third-order valence-electron chi connectivity index (χ3n) is 2.55. The van der Waals surface area contributed by atoms with Crippen molar-refractivity contribution in [1.29, 1.82) is 5.26 Å². The molecule has 0 aromatic carbocycles. The molecule has 0 saturated heterocycles. The van der Waals surface area contributed by atoms with Crippen LogP contribution in [0.4, 0.5) is 0 Å². The van der Waals surface area contributed by atoms with Crippen molar-refractivity contribution in [2.24, 2.45) is 5.73 Å². The van der Waals surface area contributed by atoms with Gasteiger partial charge in [0.2, 0.25) is 0 Å². The molecular formula is C10H12N2S. The van der Waals surface area contributed by atoms with E-state index in [0.29, 0.717) is 0 Å². The summed E-state index contributed by atoms with van der Waals surface area (Å²) in [6.45, 7) is 0. The van der Waals surface area contributed by atoms with E-state index in [1.54, 1.807) is 0 Å². The van der Waals surface area contributed by atoms with Crippen LogP contribution in [0.25, 0.3) is 0 Å². The average molecular weight is 192 g/mol. The Morgan fingerprint density at radius 2 is 2.08 bits per heavy atom. The van der Waals surface area contributed by atoms with Crippen molar-refractivity contribution in [2.75, 3.05) is 5.75 Å². The number of hydrogen-bond donors (Lipinski definition) is 1. The van der Waals surface area contributed by atoms with Crippen molar-refractivity contribution in [2.45, 2.75) is 25.7 Å². The van der Waals surface area contributed by atoms with Crippen molar-refractivity contribution < 1.29 is 0 Å². The van der Waals surface area contributed by atoms with Crippen LogP contribution in [0, 0.1) is 11.3 Å². The molecule has 2 rings (SSSR count). The van der Waals surface area contributed by atoms with Gasteiger partial charge < -0.3 is 5.73 Å². The molecule has 0 radical (unpaired) electrons. The number of nitrogens with zero attached hydrogens (tertiary/aromatic N) is 1. The number of nitriles is 1. The van der Waals surface area contributed by atoms with Gasteiger partial charge in [-0.2, -0.15) is 5.26 Å². The van der Waals surface area contributed by atoms with E-state index in [0.717, 1.165) is 29.9 Å². The van der Waals surface area contributed by atoms with Gasteiger partial charge in [0.15, 0.2) is 0 Å². The number of allylic oxidation sites excluding steroid dienone is 3. The Hall–Kier alpha value is -0.880. The first-order valence-corrected chi connectivity index (χ1v) is 5.55. The summed E-state index contributed by atoms with van der Waals surface area (Å²) in [5, 5.41) is 8.97. The Morgan fingerprint density at radius 3 is 2.85 bits per heavy atom. The first kappa shape index (κ1) is 8.71. The number of hydrogen-bond acceptors (Lipinski definition) is 3. The molecule has 0 saturated carbocycles. The minimum atomic E-state index is 0.771. The summed E-state index contributed by atoms with van der Waals surface area (Å²) in [6.07, 6.45) is 4.67. The zero-order valence-corrected chi connectivity index (χ0v) is 8.28. The van der Waals surface area contributed by atoms with Crippen LogP contribution in [0.3, 0.4) is 0 Å². The van der Waals surface area contributed by atoms with Gasteiger partial charge in [-0.3, -0.25) is 0 Å². The summed E-state index contributed by atoms with van der Waals surface area (Å²) in [5.74, 6) is 0.807. The maximum atomic E-state index is 8.97. The fraction of sp³-hybridized carbons (Fsp3) is 0.500. The van der Waals surface area contributed by atoms with Crippen LogP contribution in [-0.2, 0) is 0 Å². The van der Waals surface area contributed by atoms with E-state index >= 15 is 0 Å². The van der Waals surface area contributed by atoms with Gasteiger partial charge in [-0.05, 0) is 36.2 Å². The Balaban J connectivity index is 2.42. The van der Waals surface area contributed by atoms with Gasteiger partial charge >= 0.3 is 0 Å². The van der Waals surface area contributed by atoms with Crippen LogP contribution >= 0.6 is 11.8 Å². The molecule has 1 aliphatic heterocycles. The summed E-state index contributed by atoms with van der Waals surface area (Å²) in [4.78, 5) is 1.41. The quantitative estimate of drug-likeness (QED) is 0.640. The molecule has 0 aromatic rings. The Kier molecular flexibility index (Phi) is 2.32. The van der Waals surface area contributed by atoms with Crippen LogP contribution in [-0.4, -0.2) is 5.75 Å². The predicted octanol–water partition coefficient (Wildman–Crippen LogP) is 2.30. The van der Waals surface area contributed by atoms with Gasteiger partial charge in [-0.25, -0.2) is 0 Å². The van der Waals surface area contributed by atoms with Gasteiger partial charge in [-0.1, -0.05) is 0 Å². The van der Waals surface area contributed by atoms with Crippen molar-refractivity contribution in [1.82, 2.24) is 0 Å². The maximum absolute atomic E-state index is 8.97. The highest BCUT2D eigenvalue weighted by atomic mass is 32.2. The number of nitrogens with two attached hydrogens (primary N) is 1. The van der Waals surface area contributed by atoms with Crippen LogP contribution < -0.4 is 5.73 Å². The smallest absolute Gasteiger partial charge is 0.101 e. The minimum absolute atomic E-state index is 0.771. The molecular weight excluding hydrogens is 180 g/mol. The van der Waals surface area contributed by atoms with Crippen LogP contribution in [0.2, 0.25) is 0 Å². The molecule has 0 amide bonds. The van der Waals surface area contributed by atoms with E-state index in [4.69, 9.17) is 11.0 Å². The fourth-order valence-corrected chi connectivity index (χ4v) is 3.01. The largest absolute Gasteiger partial charge is 0.400 e. The lowest BCUT2D eigenvalue weighted by Crippen LogP contribution is -2.14. The summed E-state index contributed by atoms with van der Waals surface area (Å²) in [6, 6.07) is 2.24. The van der Waals surface area contributed by atoms with Crippen LogP contribution in [0.5, 0.6) is 0 Å². The van der Waals surface area contributed by atoms with E-state index in [2.05, 4.69) is 6.07 Å². The minimum Gasteiger partial charge on any atom is -0.400 e. The lowest BCUT2D eigenvalue weighted by molar-refractivity contribution is 0.699. The molecule has 2 aliphatic rings. The zero-order chi connectivity index (χ0) is 9.26. The fourth-order valence-electron chi connectivity index (χ4n) is 1.87. The van der Waals surface area contributed by atoms with E-state index < -0.39 is 0 Å². The van der Waals surface area contributed by atoms with E-state index in [-0.39, 0.29) is 0 Å². The molecule has 0 atom stereocenters. The summed E-state index contributed by atoms with van der Waals surface area (Å²) >= 11 is 1.82. The highest BCUT2D eigenvalue weighted by molar-refractivity contribution is 8.03. The second kappa shape index (κ2) is 3.47. The molecule has 13 heavy (non-hydrogen) atoms. The lowest BCUT2D eigenvalue weighted by Gasteiger charge is -2.24. The molecule has 68 valence electrons. The van der Waals surface area contributed by atoms with Gasteiger partial charge in [0, 0.05) is 11.4 Å². The lowest BCUT2D eigenvalue weighted by atomic mass is 9.92. The molecule has 1 aliphatic carbocycles. The van der Waals surface area contributed by atoms with Crippen LogP contribution in [0.1, 0.15) is 25.7 Å². The van der Waals surface area contributed by atoms with Crippen molar-refractivity contribution >= 4 is 11.8 Å². The topological polar surface area (TPSA) is 49.8 Å². The Labute approximate surface area is 82.5 Å². The SMILES string of the molecule is N#CC1=C(N)CSC2=C1CCCC2. The second-order valence-electron chi connectivity index (χ2n) is 3.41. The van der Waals surface area contributed by atoms with Gasteiger partial charge in [0.05, 0.1) is 5.57 Å². The molecule has 1 heterocycles. The summed E-state index contributed by atoms with van der Waals surface area (Å²) < 4.78 is 0. The van der Waals surface area contributed by atoms with Crippen molar-refractivity contribution in [3.63, 3.8) is 0 Å². The molecule has 0 fully saturated rings. The van der Waals surface area contributed by atoms with Crippen LogP contribution in [0.15, 0.2) is 21.7 Å². The molecule has 0 spiro atoms. The third kappa shape index (κ3) is 1.47. The molecule has 0 bridgehead atoms. The van der Waals surface area contributed by atoms with Gasteiger partial charge in [-0.15, -0.1) is 11.8 Å². The number of rotatable bonds is 0. The molecule has 3 heteroatoms. The van der Waals surface area contributed by atoms with E-state index in [9.17, 15) is 0 Å². The van der Waals surface area contributed by atoms with Crippen molar-refractivity contribution in [3.05, 3.63) is 21.7 Å². The monoisotopic (exact) mass is 192 g/mol. The molecule has 0 unspecified atom stereocenters. The van der Waals surface area contributed by atoms with E-state index in [1.165, 1.54) is 23.3 Å². The van der Waals surface area contributed by atoms with E-state index in [1.807, 2.05) is 11.8 Å². The van der Waals surface area contributed by atoms with Gasteiger partial charge in [0.1, 0.15) is 6.07 Å². The average Bonchev–Trinajstić information content (AvgIpc) is 2.18. The Morgan fingerprint density at radius 1 is 1.31 bits per heavy atom. The summed E-state index contributed by atoms with van der Waals surface area (Å²) in [7, 11) is 0. The predicted molar refractivity (Wildman–Crippen MR) is 54.8 cm³/mol. The molecule has 2 N–H and O–H groups in total. The maximum Gasteiger partial charge on any atom is 0.101 e. The molecule has 2 nitrogen and oxygen atoms in total. The van der Waals surface area contributed by atoms with Gasteiger partial charge in [0.25, 0.3) is 0 Å².